The van der Waals surface area contributed by atoms with Gasteiger partial charge in [-0.3, -0.25) is 0 Å². The summed E-state index contributed by atoms with van der Waals surface area (Å²) in [5.74, 6) is -0.843. The Morgan fingerprint density at radius 1 is 1.50 bits per heavy atom. The van der Waals surface area contributed by atoms with Gasteiger partial charge in [0.25, 0.3) is 0 Å². The molecule has 1 aromatic heterocycles. The van der Waals surface area contributed by atoms with Crippen molar-refractivity contribution in [3.05, 3.63) is 17.3 Å². The van der Waals surface area contributed by atoms with E-state index in [1.165, 1.54) is 6.07 Å². The quantitative estimate of drug-likeness (QED) is 0.789. The molecule has 0 saturated heterocycles. The number of aromatic nitrogens is 1. The second-order valence-corrected chi connectivity index (χ2v) is 2.74. The van der Waals surface area contributed by atoms with Crippen LogP contribution in [0.15, 0.2) is 6.20 Å². The number of nitrogens with zero attached hydrogens (tertiary/aromatic N) is 2. The van der Waals surface area contributed by atoms with Crippen molar-refractivity contribution >= 4 is 5.69 Å². The van der Waals surface area contributed by atoms with Crippen molar-refractivity contribution in [3.63, 3.8) is 0 Å². The highest BCUT2D eigenvalue weighted by molar-refractivity contribution is 5.57. The van der Waals surface area contributed by atoms with E-state index < -0.39 is 17.8 Å². The van der Waals surface area contributed by atoms with Gasteiger partial charge in [-0.15, -0.1) is 13.2 Å². The number of anilines is 1. The largest absolute Gasteiger partial charge is 0.574 e. The summed E-state index contributed by atoms with van der Waals surface area (Å²) in [6.07, 6.45) is -3.95. The second-order valence-electron chi connectivity index (χ2n) is 2.74. The number of halogens is 3. The molecule has 1 heterocycles. The number of hydrogen-bond donors (Lipinski definition) is 2. The van der Waals surface area contributed by atoms with Crippen LogP contribution in [0, 0.1) is 11.3 Å². The van der Waals surface area contributed by atoms with E-state index >= 15 is 0 Å². The molecule has 0 unspecified atom stereocenters. The van der Waals surface area contributed by atoms with Gasteiger partial charge >= 0.3 is 6.36 Å². The minimum atomic E-state index is -4.92. The maximum atomic E-state index is 12.0. The molecule has 1 rings (SSSR count). The summed E-state index contributed by atoms with van der Waals surface area (Å²) in [6.45, 7) is -0.175. The molecule has 0 fully saturated rings. The number of alkyl halides is 3. The van der Waals surface area contributed by atoms with Crippen LogP contribution < -0.4 is 16.2 Å². The smallest absolute Gasteiger partial charge is 0.397 e. The number of hydrogen-bond acceptors (Lipinski definition) is 5. The second kappa shape index (κ2) is 4.24. The SMILES string of the molecule is N#Cc1c(OC(F)(F)F)ncc(N)c1CN. The van der Waals surface area contributed by atoms with Crippen molar-refractivity contribution in [3.8, 4) is 11.9 Å². The zero-order valence-electron chi connectivity index (χ0n) is 7.88. The molecule has 5 nitrogen and oxygen atoms in total. The Bertz CT molecular complexity index is 438. The Hall–Kier alpha value is -2.01. The van der Waals surface area contributed by atoms with Gasteiger partial charge in [-0.05, 0) is 0 Å². The fourth-order valence-corrected chi connectivity index (χ4v) is 1.07. The molecule has 0 atom stereocenters. The maximum Gasteiger partial charge on any atom is 0.574 e. The fourth-order valence-electron chi connectivity index (χ4n) is 1.07. The lowest BCUT2D eigenvalue weighted by atomic mass is 10.1. The third-order valence-corrected chi connectivity index (χ3v) is 1.71. The molecule has 4 N–H and O–H groups in total. The van der Waals surface area contributed by atoms with E-state index in [0.29, 0.717) is 0 Å². The Morgan fingerprint density at radius 2 is 2.12 bits per heavy atom. The summed E-state index contributed by atoms with van der Waals surface area (Å²) < 4.78 is 39.5. The van der Waals surface area contributed by atoms with E-state index in [1.807, 2.05) is 0 Å². The van der Waals surface area contributed by atoms with Crippen LogP contribution in [0.1, 0.15) is 11.1 Å². The summed E-state index contributed by atoms with van der Waals surface area (Å²) >= 11 is 0. The van der Waals surface area contributed by atoms with Crippen LogP contribution in [0.5, 0.6) is 5.88 Å². The zero-order valence-corrected chi connectivity index (χ0v) is 7.88. The molecule has 0 aliphatic carbocycles. The van der Waals surface area contributed by atoms with Gasteiger partial charge in [-0.2, -0.15) is 5.26 Å². The molecule has 0 bridgehead atoms. The number of nitrogen functional groups attached to an aromatic ring is 1. The van der Waals surface area contributed by atoms with Gasteiger partial charge in [-0.25, -0.2) is 4.98 Å². The lowest BCUT2D eigenvalue weighted by Gasteiger charge is -2.12. The van der Waals surface area contributed by atoms with Crippen LogP contribution in [0.4, 0.5) is 18.9 Å². The molecule has 0 radical (unpaired) electrons. The maximum absolute atomic E-state index is 12.0. The molecule has 0 aliphatic rings. The van der Waals surface area contributed by atoms with Crippen molar-refractivity contribution in [2.24, 2.45) is 5.73 Å². The molecule has 0 aromatic carbocycles. The predicted molar refractivity (Wildman–Crippen MR) is 47.9 cm³/mol. The molecule has 86 valence electrons. The Kier molecular flexibility index (Phi) is 3.20. The summed E-state index contributed by atoms with van der Waals surface area (Å²) in [4.78, 5) is 3.30. The molecule has 8 heteroatoms. The predicted octanol–water partition coefficient (Wildman–Crippen LogP) is 0.893. The van der Waals surface area contributed by atoms with Gasteiger partial charge < -0.3 is 16.2 Å². The van der Waals surface area contributed by atoms with Gasteiger partial charge in [0.2, 0.25) is 5.88 Å². The van der Waals surface area contributed by atoms with Crippen LogP contribution in [0.25, 0.3) is 0 Å². The highest BCUT2D eigenvalue weighted by Crippen LogP contribution is 2.28. The average Bonchev–Trinajstić information content (AvgIpc) is 2.18. The van der Waals surface area contributed by atoms with E-state index in [1.54, 1.807) is 0 Å². The number of ether oxygens (including phenoxy) is 1. The highest BCUT2D eigenvalue weighted by atomic mass is 19.4. The van der Waals surface area contributed by atoms with Gasteiger partial charge in [0.05, 0.1) is 11.9 Å². The summed E-state index contributed by atoms with van der Waals surface area (Å²) in [5.41, 5.74) is 10.4. The topological polar surface area (TPSA) is 97.9 Å². The van der Waals surface area contributed by atoms with Gasteiger partial charge in [0.1, 0.15) is 11.6 Å². The van der Waals surface area contributed by atoms with Gasteiger partial charge in [0.15, 0.2) is 0 Å². The number of rotatable bonds is 2. The van der Waals surface area contributed by atoms with Crippen LogP contribution in [0.3, 0.4) is 0 Å². The lowest BCUT2D eigenvalue weighted by molar-refractivity contribution is -0.276. The molecule has 16 heavy (non-hydrogen) atoms. The van der Waals surface area contributed by atoms with Crippen molar-refractivity contribution in [2.75, 3.05) is 5.73 Å². The average molecular weight is 232 g/mol. The molecule has 0 aliphatic heterocycles. The Balaban J connectivity index is 3.27. The van der Waals surface area contributed by atoms with Crippen LogP contribution in [0.2, 0.25) is 0 Å². The number of nitrogens with two attached hydrogens (primary N) is 2. The van der Waals surface area contributed by atoms with Crippen molar-refractivity contribution in [2.45, 2.75) is 12.9 Å². The van der Waals surface area contributed by atoms with Crippen molar-refractivity contribution < 1.29 is 17.9 Å². The van der Waals surface area contributed by atoms with E-state index in [4.69, 9.17) is 16.7 Å². The van der Waals surface area contributed by atoms with Crippen LogP contribution in [-0.4, -0.2) is 11.3 Å². The van der Waals surface area contributed by atoms with Crippen molar-refractivity contribution in [1.29, 1.82) is 5.26 Å². The Morgan fingerprint density at radius 3 is 2.56 bits per heavy atom. The molecule has 0 spiro atoms. The standard InChI is InChI=1S/C8H7F3N4O/c9-8(10,11)16-7-5(2-13)4(1-12)6(14)3-15-7/h3H,1,12,14H2. The monoisotopic (exact) mass is 232 g/mol. The van der Waals surface area contributed by atoms with Gasteiger partial charge in [0, 0.05) is 12.1 Å². The van der Waals surface area contributed by atoms with E-state index in [9.17, 15) is 13.2 Å². The summed E-state index contributed by atoms with van der Waals surface area (Å²) in [5, 5.41) is 8.70. The normalized spacial score (nSPS) is 10.9. The zero-order chi connectivity index (χ0) is 12.3. The summed E-state index contributed by atoms with van der Waals surface area (Å²) in [6, 6.07) is 1.53. The first-order valence-electron chi connectivity index (χ1n) is 4.02. The van der Waals surface area contributed by atoms with Gasteiger partial charge in [-0.1, -0.05) is 0 Å². The Labute approximate surface area is 88.4 Å². The third kappa shape index (κ3) is 2.52. The van der Waals surface area contributed by atoms with E-state index in [0.717, 1.165) is 6.20 Å². The number of nitriles is 1. The molecular formula is C8H7F3N4O. The third-order valence-electron chi connectivity index (χ3n) is 1.71. The summed E-state index contributed by atoms with van der Waals surface area (Å²) in [7, 11) is 0. The lowest BCUT2D eigenvalue weighted by Crippen LogP contribution is -2.20. The molecule has 1 aromatic rings. The van der Waals surface area contributed by atoms with Crippen LogP contribution in [-0.2, 0) is 6.54 Å². The van der Waals surface area contributed by atoms with E-state index in [-0.39, 0.29) is 17.8 Å². The van der Waals surface area contributed by atoms with Crippen molar-refractivity contribution in [1.82, 2.24) is 4.98 Å². The first kappa shape index (κ1) is 12.1. The molecular weight excluding hydrogens is 225 g/mol. The first-order chi connectivity index (χ1) is 7.39. The molecule has 0 saturated carbocycles. The highest BCUT2D eigenvalue weighted by Gasteiger charge is 2.33. The minimum absolute atomic E-state index is 0.0496. The van der Waals surface area contributed by atoms with E-state index in [2.05, 4.69) is 9.72 Å². The fraction of sp³-hybridized carbons (Fsp3) is 0.250. The minimum Gasteiger partial charge on any atom is -0.397 e. The van der Waals surface area contributed by atoms with Crippen LogP contribution >= 0.6 is 0 Å². The number of pyridine rings is 1. The first-order valence-corrected chi connectivity index (χ1v) is 4.02. The molecule has 0 amide bonds.